The second-order valence-electron chi connectivity index (χ2n) is 3.78. The Morgan fingerprint density at radius 1 is 1.56 bits per heavy atom. The van der Waals surface area contributed by atoms with Crippen LogP contribution in [0.2, 0.25) is 0 Å². The van der Waals surface area contributed by atoms with E-state index in [0.717, 1.165) is 19.5 Å². The van der Waals surface area contributed by atoms with E-state index in [4.69, 9.17) is 5.73 Å². The fourth-order valence-electron chi connectivity index (χ4n) is 1.55. The molecule has 3 N–H and O–H groups in total. The third-order valence-electron chi connectivity index (χ3n) is 2.56. The Morgan fingerprint density at radius 2 is 2.31 bits per heavy atom. The molecule has 1 rings (SSSR count). The minimum atomic E-state index is -0.448. The van der Waals surface area contributed by atoms with Gasteiger partial charge in [0.15, 0.2) is 0 Å². The van der Waals surface area contributed by atoms with Crippen LogP contribution in [-0.2, 0) is 4.79 Å². The van der Waals surface area contributed by atoms with E-state index in [0.29, 0.717) is 5.57 Å². The Morgan fingerprint density at radius 3 is 2.88 bits per heavy atom. The lowest BCUT2D eigenvalue weighted by molar-refractivity contribution is -0.114. The summed E-state index contributed by atoms with van der Waals surface area (Å²) in [4.78, 5) is 11.1. The molecule has 3 heteroatoms. The van der Waals surface area contributed by atoms with Crippen LogP contribution in [0.4, 0.5) is 0 Å². The molecule has 0 atom stereocenters. The Hall–Kier alpha value is -1.57. The number of primary amides is 1. The van der Waals surface area contributed by atoms with Gasteiger partial charge in [0.1, 0.15) is 0 Å². The van der Waals surface area contributed by atoms with Gasteiger partial charge in [-0.2, -0.15) is 0 Å². The van der Waals surface area contributed by atoms with Crippen LogP contribution >= 0.6 is 0 Å². The molecule has 0 bridgehead atoms. The van der Waals surface area contributed by atoms with Crippen LogP contribution in [0.25, 0.3) is 0 Å². The van der Waals surface area contributed by atoms with Crippen molar-refractivity contribution in [2.75, 3.05) is 13.1 Å². The molecule has 1 aliphatic heterocycles. The topological polar surface area (TPSA) is 55.1 Å². The van der Waals surface area contributed by atoms with Gasteiger partial charge in [0.25, 0.3) is 5.91 Å². The fraction of sp³-hybridized carbons (Fsp3) is 0.385. The van der Waals surface area contributed by atoms with Gasteiger partial charge in [-0.15, -0.1) is 5.73 Å². The lowest BCUT2D eigenvalue weighted by Gasteiger charge is -2.16. The van der Waals surface area contributed by atoms with Crippen molar-refractivity contribution in [1.29, 1.82) is 0 Å². The second kappa shape index (κ2) is 6.11. The molecule has 86 valence electrons. The normalized spacial score (nSPS) is 16.1. The van der Waals surface area contributed by atoms with E-state index in [-0.39, 0.29) is 0 Å². The van der Waals surface area contributed by atoms with Gasteiger partial charge < -0.3 is 11.1 Å². The summed E-state index contributed by atoms with van der Waals surface area (Å²) in [6, 6.07) is 0. The van der Waals surface area contributed by atoms with E-state index in [2.05, 4.69) is 18.0 Å². The molecule has 0 fully saturated rings. The van der Waals surface area contributed by atoms with Crippen molar-refractivity contribution >= 4 is 5.91 Å². The summed E-state index contributed by atoms with van der Waals surface area (Å²) in [5.74, 6) is -0.448. The molecule has 1 heterocycles. The van der Waals surface area contributed by atoms with Gasteiger partial charge in [-0.3, -0.25) is 4.79 Å². The van der Waals surface area contributed by atoms with Gasteiger partial charge in [0.05, 0.1) is 5.57 Å². The van der Waals surface area contributed by atoms with Crippen LogP contribution in [0, 0.1) is 0 Å². The second-order valence-corrected chi connectivity index (χ2v) is 3.78. The molecule has 0 aromatic heterocycles. The molecule has 1 aliphatic rings. The molecule has 0 spiro atoms. The summed E-state index contributed by atoms with van der Waals surface area (Å²) >= 11 is 0. The van der Waals surface area contributed by atoms with E-state index >= 15 is 0 Å². The van der Waals surface area contributed by atoms with Crippen LogP contribution in [0.3, 0.4) is 0 Å². The molecule has 0 saturated heterocycles. The van der Waals surface area contributed by atoms with Crippen LogP contribution in [0.5, 0.6) is 0 Å². The highest BCUT2D eigenvalue weighted by Gasteiger charge is 2.06. The summed E-state index contributed by atoms with van der Waals surface area (Å²) in [6.45, 7) is 5.80. The van der Waals surface area contributed by atoms with E-state index in [1.165, 1.54) is 11.1 Å². The highest BCUT2D eigenvalue weighted by molar-refractivity contribution is 5.94. The van der Waals surface area contributed by atoms with Crippen molar-refractivity contribution in [2.45, 2.75) is 20.3 Å². The molecule has 16 heavy (non-hydrogen) atoms. The minimum absolute atomic E-state index is 0.411. The molecular formula is C13H18N2O. The third-order valence-corrected chi connectivity index (χ3v) is 2.56. The number of nitrogens with one attached hydrogen (secondary N) is 1. The number of hydrogen-bond donors (Lipinski definition) is 2. The van der Waals surface area contributed by atoms with Crippen molar-refractivity contribution in [3.8, 4) is 0 Å². The van der Waals surface area contributed by atoms with Gasteiger partial charge >= 0.3 is 0 Å². The molecular weight excluding hydrogens is 200 g/mol. The van der Waals surface area contributed by atoms with Crippen LogP contribution in [0.15, 0.2) is 40.7 Å². The quantitative estimate of drug-likeness (QED) is 0.428. The van der Waals surface area contributed by atoms with Gasteiger partial charge in [-0.05, 0) is 44.5 Å². The van der Waals surface area contributed by atoms with Crippen molar-refractivity contribution in [3.05, 3.63) is 40.7 Å². The monoisotopic (exact) mass is 218 g/mol. The summed E-state index contributed by atoms with van der Waals surface area (Å²) in [6.07, 6.45) is 6.41. The largest absolute Gasteiger partial charge is 0.365 e. The number of rotatable bonds is 3. The Balaban J connectivity index is 2.87. The molecule has 0 aromatic carbocycles. The molecule has 0 unspecified atom stereocenters. The van der Waals surface area contributed by atoms with Gasteiger partial charge in [0.2, 0.25) is 0 Å². The van der Waals surface area contributed by atoms with Crippen LogP contribution in [-0.4, -0.2) is 19.0 Å². The highest BCUT2D eigenvalue weighted by Crippen LogP contribution is 2.13. The molecule has 0 radical (unpaired) electrons. The first-order valence-corrected chi connectivity index (χ1v) is 5.43. The van der Waals surface area contributed by atoms with E-state index in [9.17, 15) is 4.79 Å². The smallest absolute Gasteiger partial charge is 0.256 e. The summed E-state index contributed by atoms with van der Waals surface area (Å²) in [7, 11) is 0. The summed E-state index contributed by atoms with van der Waals surface area (Å²) in [5.41, 5.74) is 11.1. The van der Waals surface area contributed by atoms with E-state index < -0.39 is 5.91 Å². The number of carbonyl (C=O) groups excluding carboxylic acids is 1. The fourth-order valence-corrected chi connectivity index (χ4v) is 1.55. The van der Waals surface area contributed by atoms with Gasteiger partial charge in [-0.25, -0.2) is 0 Å². The van der Waals surface area contributed by atoms with E-state index in [1.807, 2.05) is 13.0 Å². The first-order valence-electron chi connectivity index (χ1n) is 5.43. The molecule has 0 aliphatic carbocycles. The minimum Gasteiger partial charge on any atom is -0.365 e. The number of carbonyl (C=O) groups is 1. The average molecular weight is 218 g/mol. The van der Waals surface area contributed by atoms with Crippen molar-refractivity contribution < 1.29 is 4.79 Å². The highest BCUT2D eigenvalue weighted by atomic mass is 16.1. The maximum atomic E-state index is 11.1. The predicted molar refractivity (Wildman–Crippen MR) is 65.8 cm³/mol. The molecule has 0 aromatic rings. The third kappa shape index (κ3) is 3.54. The zero-order chi connectivity index (χ0) is 12.0. The Bertz CT molecular complexity index is 396. The maximum Gasteiger partial charge on any atom is 0.256 e. The van der Waals surface area contributed by atoms with Crippen LogP contribution in [0.1, 0.15) is 20.3 Å². The van der Waals surface area contributed by atoms with Gasteiger partial charge in [0, 0.05) is 6.54 Å². The zero-order valence-electron chi connectivity index (χ0n) is 9.84. The average Bonchev–Trinajstić information content (AvgIpc) is 2.26. The Kier molecular flexibility index (Phi) is 4.77. The van der Waals surface area contributed by atoms with Gasteiger partial charge in [-0.1, -0.05) is 11.6 Å². The maximum absolute atomic E-state index is 11.1. The summed E-state index contributed by atoms with van der Waals surface area (Å²) < 4.78 is 0. The standard InChI is InChI=1S/C13H18N2O/c1-3-4-11(13(14)16)5-6-12-9-15-8-7-10(12)2/h3,5-6,15H,7-9H2,1-2H3,(H2,14,16)/b6-5-. The number of nitrogens with two attached hydrogens (primary N) is 1. The SMILES string of the molecule is CC=C=C(/C=C\C1=C(C)CCNC1)C(N)=O. The first kappa shape index (κ1) is 12.5. The molecule has 1 amide bonds. The molecule has 3 nitrogen and oxygen atoms in total. The Labute approximate surface area is 96.4 Å². The zero-order valence-corrected chi connectivity index (χ0v) is 9.84. The van der Waals surface area contributed by atoms with Crippen molar-refractivity contribution in [2.24, 2.45) is 5.73 Å². The van der Waals surface area contributed by atoms with Crippen molar-refractivity contribution in [1.82, 2.24) is 5.32 Å². The number of hydrogen-bond acceptors (Lipinski definition) is 2. The van der Waals surface area contributed by atoms with Crippen LogP contribution < -0.4 is 11.1 Å². The van der Waals surface area contributed by atoms with E-state index in [1.54, 1.807) is 12.2 Å². The summed E-state index contributed by atoms with van der Waals surface area (Å²) in [5, 5.41) is 3.29. The lowest BCUT2D eigenvalue weighted by Crippen LogP contribution is -2.23. The molecule has 0 saturated carbocycles. The first-order chi connectivity index (χ1) is 7.65. The lowest BCUT2D eigenvalue weighted by atomic mass is 10.0. The number of amides is 1. The van der Waals surface area contributed by atoms with Crippen molar-refractivity contribution in [3.63, 3.8) is 0 Å². The predicted octanol–water partition coefficient (Wildman–Crippen LogP) is 1.44.